The number of halogens is 1. The summed E-state index contributed by atoms with van der Waals surface area (Å²) in [6.45, 7) is 1.17. The summed E-state index contributed by atoms with van der Waals surface area (Å²) in [5.74, 6) is -0.484. The van der Waals surface area contributed by atoms with Crippen molar-refractivity contribution in [3.05, 3.63) is 35.2 Å². The number of rotatable bonds is 4. The van der Waals surface area contributed by atoms with Gasteiger partial charge in [0, 0.05) is 24.2 Å². The lowest BCUT2D eigenvalue weighted by Gasteiger charge is -2.17. The van der Waals surface area contributed by atoms with Crippen LogP contribution in [-0.2, 0) is 11.2 Å². The van der Waals surface area contributed by atoms with Gasteiger partial charge in [-0.2, -0.15) is 0 Å². The molecule has 1 fully saturated rings. The van der Waals surface area contributed by atoms with E-state index in [2.05, 4.69) is 28.1 Å². The Kier molecular flexibility index (Phi) is 3.72. The summed E-state index contributed by atoms with van der Waals surface area (Å²) in [7, 11) is 0. The lowest BCUT2D eigenvalue weighted by atomic mass is 10.0. The largest absolute Gasteiger partial charge is 0.353 e. The third kappa shape index (κ3) is 2.55. The van der Waals surface area contributed by atoms with Gasteiger partial charge in [0.1, 0.15) is 0 Å². The summed E-state index contributed by atoms with van der Waals surface area (Å²) in [5.41, 5.74) is -0.514. The number of thiophene rings is 1. The van der Waals surface area contributed by atoms with E-state index >= 15 is 0 Å². The first-order valence-electron chi connectivity index (χ1n) is 6.82. The van der Waals surface area contributed by atoms with E-state index in [-0.39, 0.29) is 13.0 Å². The highest BCUT2D eigenvalue weighted by Crippen LogP contribution is 2.26. The first-order chi connectivity index (χ1) is 9.69. The maximum Gasteiger partial charge on any atom is 0.259 e. The van der Waals surface area contributed by atoms with Crippen molar-refractivity contribution in [1.29, 1.82) is 0 Å². The number of amides is 1. The molecule has 0 aliphatic carbocycles. The number of alkyl halides is 1. The van der Waals surface area contributed by atoms with Gasteiger partial charge in [-0.3, -0.25) is 4.79 Å². The molecule has 1 aliphatic heterocycles. The van der Waals surface area contributed by atoms with Gasteiger partial charge < -0.3 is 10.6 Å². The molecule has 1 saturated heterocycles. The normalized spacial score (nSPS) is 22.2. The summed E-state index contributed by atoms with van der Waals surface area (Å²) in [6, 6.07) is 8.20. The van der Waals surface area contributed by atoms with Gasteiger partial charge >= 0.3 is 0 Å². The first kappa shape index (κ1) is 13.5. The Morgan fingerprint density at radius 1 is 1.45 bits per heavy atom. The monoisotopic (exact) mass is 292 g/mol. The van der Waals surface area contributed by atoms with E-state index in [9.17, 15) is 9.18 Å². The van der Waals surface area contributed by atoms with Crippen LogP contribution in [0.2, 0.25) is 0 Å². The summed E-state index contributed by atoms with van der Waals surface area (Å²) < 4.78 is 15.4. The lowest BCUT2D eigenvalue weighted by Crippen LogP contribution is -2.45. The molecule has 1 atom stereocenters. The molecule has 2 N–H and O–H groups in total. The topological polar surface area (TPSA) is 41.1 Å². The van der Waals surface area contributed by atoms with E-state index in [1.54, 1.807) is 11.3 Å². The van der Waals surface area contributed by atoms with Crippen LogP contribution >= 0.6 is 11.3 Å². The predicted octanol–water partition coefficient (Wildman–Crippen LogP) is 2.26. The number of carbonyl (C=O) groups is 1. The maximum absolute atomic E-state index is 14.2. The van der Waals surface area contributed by atoms with Crippen LogP contribution in [0.1, 0.15) is 12.0 Å². The van der Waals surface area contributed by atoms with Crippen LogP contribution in [0.3, 0.4) is 0 Å². The van der Waals surface area contributed by atoms with Crippen molar-refractivity contribution >= 4 is 27.3 Å². The molecule has 3 nitrogen and oxygen atoms in total. The van der Waals surface area contributed by atoms with Gasteiger partial charge in [-0.05, 0) is 35.4 Å². The zero-order valence-corrected chi connectivity index (χ0v) is 11.9. The van der Waals surface area contributed by atoms with Crippen molar-refractivity contribution in [2.75, 3.05) is 19.6 Å². The average Bonchev–Trinajstić information content (AvgIpc) is 3.07. The highest BCUT2D eigenvalue weighted by atomic mass is 32.1. The molecule has 0 spiro atoms. The molecule has 5 heteroatoms. The summed E-state index contributed by atoms with van der Waals surface area (Å²) in [6.07, 6.45) is 0.999. The van der Waals surface area contributed by atoms with Crippen LogP contribution in [0.25, 0.3) is 10.1 Å². The standard InChI is InChI=1S/C15H17FN2OS/c16-15(6-8-17-10-15)14(19)18-7-5-11-9-20-13-4-2-1-3-12(11)13/h1-4,9,17H,5-8,10H2,(H,18,19)/t15-/m1/s1. The molecular weight excluding hydrogens is 275 g/mol. The van der Waals surface area contributed by atoms with E-state index in [0.717, 1.165) is 6.42 Å². The second-order valence-corrected chi connectivity index (χ2v) is 6.07. The van der Waals surface area contributed by atoms with Crippen molar-refractivity contribution in [3.63, 3.8) is 0 Å². The van der Waals surface area contributed by atoms with Crippen LogP contribution < -0.4 is 10.6 Å². The minimum Gasteiger partial charge on any atom is -0.353 e. The number of fused-ring (bicyclic) bond motifs is 1. The SMILES string of the molecule is O=C(NCCc1csc2ccccc12)[C@@]1(F)CCNC1. The smallest absolute Gasteiger partial charge is 0.259 e. The third-order valence-electron chi connectivity index (χ3n) is 3.75. The Morgan fingerprint density at radius 3 is 3.10 bits per heavy atom. The fraction of sp³-hybridized carbons (Fsp3) is 0.400. The summed E-state index contributed by atoms with van der Waals surface area (Å²) in [4.78, 5) is 11.8. The average molecular weight is 292 g/mol. The van der Waals surface area contributed by atoms with Gasteiger partial charge in [-0.15, -0.1) is 11.3 Å². The predicted molar refractivity (Wildman–Crippen MR) is 79.9 cm³/mol. The number of carbonyl (C=O) groups excluding carboxylic acids is 1. The van der Waals surface area contributed by atoms with E-state index in [0.29, 0.717) is 13.1 Å². The van der Waals surface area contributed by atoms with Crippen molar-refractivity contribution in [3.8, 4) is 0 Å². The van der Waals surface area contributed by atoms with E-state index in [4.69, 9.17) is 0 Å². The van der Waals surface area contributed by atoms with Crippen molar-refractivity contribution in [1.82, 2.24) is 10.6 Å². The van der Waals surface area contributed by atoms with Crippen LogP contribution in [-0.4, -0.2) is 31.2 Å². The van der Waals surface area contributed by atoms with Gasteiger partial charge in [0.15, 0.2) is 0 Å². The molecule has 0 saturated carbocycles. The highest BCUT2D eigenvalue weighted by molar-refractivity contribution is 7.17. The summed E-state index contributed by atoms with van der Waals surface area (Å²) in [5, 5.41) is 8.94. The molecule has 1 amide bonds. The molecule has 0 unspecified atom stereocenters. The molecule has 2 heterocycles. The van der Waals surface area contributed by atoms with Gasteiger partial charge in [0.2, 0.25) is 5.67 Å². The molecule has 106 valence electrons. The number of nitrogens with one attached hydrogen (secondary N) is 2. The van der Waals surface area contributed by atoms with Gasteiger partial charge in [0.25, 0.3) is 5.91 Å². The van der Waals surface area contributed by atoms with E-state index < -0.39 is 11.6 Å². The Morgan fingerprint density at radius 2 is 2.30 bits per heavy atom. The van der Waals surface area contributed by atoms with Crippen LogP contribution in [0.5, 0.6) is 0 Å². The Bertz CT molecular complexity index is 619. The van der Waals surface area contributed by atoms with Gasteiger partial charge in [0.05, 0.1) is 0 Å². The van der Waals surface area contributed by atoms with Crippen molar-refractivity contribution in [2.24, 2.45) is 0 Å². The number of hydrogen-bond donors (Lipinski definition) is 2. The maximum atomic E-state index is 14.2. The second-order valence-electron chi connectivity index (χ2n) is 5.16. The van der Waals surface area contributed by atoms with Crippen LogP contribution in [0.15, 0.2) is 29.6 Å². The van der Waals surface area contributed by atoms with Crippen molar-refractivity contribution < 1.29 is 9.18 Å². The Labute approximate surface area is 121 Å². The molecular formula is C15H17FN2OS. The van der Waals surface area contributed by atoms with E-state index in [1.165, 1.54) is 15.6 Å². The fourth-order valence-corrected chi connectivity index (χ4v) is 3.55. The minimum absolute atomic E-state index is 0.125. The van der Waals surface area contributed by atoms with E-state index in [1.807, 2.05) is 12.1 Å². The molecule has 3 rings (SSSR count). The zero-order valence-electron chi connectivity index (χ0n) is 11.1. The quantitative estimate of drug-likeness (QED) is 0.907. The lowest BCUT2D eigenvalue weighted by molar-refractivity contribution is -0.131. The summed E-state index contributed by atoms with van der Waals surface area (Å²) >= 11 is 1.70. The third-order valence-corrected chi connectivity index (χ3v) is 4.76. The van der Waals surface area contributed by atoms with Gasteiger partial charge in [-0.25, -0.2) is 4.39 Å². The van der Waals surface area contributed by atoms with Crippen molar-refractivity contribution in [2.45, 2.75) is 18.5 Å². The zero-order chi connectivity index (χ0) is 14.0. The molecule has 0 bridgehead atoms. The Balaban J connectivity index is 1.59. The molecule has 1 aliphatic rings. The van der Waals surface area contributed by atoms with Crippen LogP contribution in [0.4, 0.5) is 4.39 Å². The van der Waals surface area contributed by atoms with Gasteiger partial charge in [-0.1, -0.05) is 18.2 Å². The molecule has 0 radical (unpaired) electrons. The fourth-order valence-electron chi connectivity index (χ4n) is 2.55. The molecule has 20 heavy (non-hydrogen) atoms. The number of hydrogen-bond acceptors (Lipinski definition) is 3. The number of benzene rings is 1. The Hall–Kier alpha value is -1.46. The van der Waals surface area contributed by atoms with Crippen LogP contribution in [0, 0.1) is 0 Å². The highest BCUT2D eigenvalue weighted by Gasteiger charge is 2.41. The minimum atomic E-state index is -1.73. The molecule has 1 aromatic carbocycles. The molecule has 1 aromatic heterocycles. The second kappa shape index (κ2) is 5.50. The first-order valence-corrected chi connectivity index (χ1v) is 7.70. The molecule has 2 aromatic rings.